The molecule has 0 unspecified atom stereocenters. The lowest BCUT2D eigenvalue weighted by molar-refractivity contribution is 0.1000. The Balaban J connectivity index is 2.57. The number of aliphatic hydroxyl groups is 1. The lowest BCUT2D eigenvalue weighted by Gasteiger charge is -2.15. The zero-order valence-corrected chi connectivity index (χ0v) is 10.8. The van der Waals surface area contributed by atoms with E-state index in [1.165, 1.54) is 0 Å². The molecule has 3 heteroatoms. The summed E-state index contributed by atoms with van der Waals surface area (Å²) in [4.78, 5) is 11.3. The number of nitrogens with two attached hydrogens (primary N) is 1. The van der Waals surface area contributed by atoms with Crippen molar-refractivity contribution < 1.29 is 9.90 Å². The maximum atomic E-state index is 11.3. The van der Waals surface area contributed by atoms with Crippen LogP contribution < -0.4 is 5.73 Å². The summed E-state index contributed by atoms with van der Waals surface area (Å²) in [5, 5.41) is 9.37. The number of carbonyl (C=O) groups excluding carboxylic acids is 1. The molecule has 0 saturated carbocycles. The highest BCUT2D eigenvalue weighted by Gasteiger charge is 2.13. The molecule has 1 atom stereocenters. The number of primary amides is 1. The van der Waals surface area contributed by atoms with Crippen LogP contribution in [0.3, 0.4) is 0 Å². The zero-order valence-electron chi connectivity index (χ0n) is 10.8. The Morgan fingerprint density at radius 2 is 1.89 bits per heavy atom. The number of amides is 1. The molecule has 0 radical (unpaired) electrons. The second kappa shape index (κ2) is 5.67. The van der Waals surface area contributed by atoms with Crippen LogP contribution in [0, 0.1) is 0 Å². The van der Waals surface area contributed by atoms with Crippen LogP contribution in [0.25, 0.3) is 11.1 Å². The van der Waals surface area contributed by atoms with Gasteiger partial charge in [0.2, 0.25) is 5.91 Å². The van der Waals surface area contributed by atoms with Gasteiger partial charge in [-0.3, -0.25) is 4.79 Å². The monoisotopic (exact) mass is 255 g/mol. The Morgan fingerprint density at radius 3 is 2.47 bits per heavy atom. The van der Waals surface area contributed by atoms with Gasteiger partial charge in [0.05, 0.1) is 0 Å². The summed E-state index contributed by atoms with van der Waals surface area (Å²) in [5.74, 6) is -0.500. The van der Waals surface area contributed by atoms with E-state index in [0.717, 1.165) is 16.7 Å². The molecule has 2 aromatic carbocycles. The smallest absolute Gasteiger partial charge is 0.248 e. The van der Waals surface area contributed by atoms with Gasteiger partial charge >= 0.3 is 0 Å². The van der Waals surface area contributed by atoms with E-state index < -0.39 is 5.91 Å². The summed E-state index contributed by atoms with van der Waals surface area (Å²) >= 11 is 0. The topological polar surface area (TPSA) is 63.3 Å². The Bertz CT molecular complexity index is 579. The highest BCUT2D eigenvalue weighted by molar-refractivity contribution is 5.93. The van der Waals surface area contributed by atoms with Crippen molar-refractivity contribution >= 4 is 5.91 Å². The van der Waals surface area contributed by atoms with Crippen LogP contribution in [0.15, 0.2) is 48.5 Å². The Hall–Kier alpha value is -2.13. The first-order chi connectivity index (χ1) is 9.13. The fourth-order valence-electron chi connectivity index (χ4n) is 2.10. The molecule has 0 bridgehead atoms. The number of aliphatic hydroxyl groups excluding tert-OH is 1. The van der Waals surface area contributed by atoms with E-state index in [1.807, 2.05) is 43.3 Å². The van der Waals surface area contributed by atoms with E-state index >= 15 is 0 Å². The van der Waals surface area contributed by atoms with Crippen molar-refractivity contribution in [3.63, 3.8) is 0 Å². The zero-order chi connectivity index (χ0) is 13.8. The van der Waals surface area contributed by atoms with Crippen LogP contribution in [-0.4, -0.2) is 17.6 Å². The fraction of sp³-hybridized carbons (Fsp3) is 0.188. The third-order valence-corrected chi connectivity index (χ3v) is 3.23. The van der Waals surface area contributed by atoms with Gasteiger partial charge in [-0.1, -0.05) is 43.3 Å². The molecular weight excluding hydrogens is 238 g/mol. The summed E-state index contributed by atoms with van der Waals surface area (Å²) in [6.07, 6.45) is 0. The van der Waals surface area contributed by atoms with Crippen LogP contribution in [0.2, 0.25) is 0 Å². The molecule has 19 heavy (non-hydrogen) atoms. The van der Waals surface area contributed by atoms with Crippen LogP contribution >= 0.6 is 0 Å². The van der Waals surface area contributed by atoms with Crippen LogP contribution in [0.1, 0.15) is 28.8 Å². The normalized spacial score (nSPS) is 12.1. The summed E-state index contributed by atoms with van der Waals surface area (Å²) in [6, 6.07) is 15.3. The summed E-state index contributed by atoms with van der Waals surface area (Å²) in [5.41, 5.74) is 8.80. The van der Waals surface area contributed by atoms with Gasteiger partial charge in [-0.05, 0) is 28.8 Å². The van der Waals surface area contributed by atoms with Crippen LogP contribution in [0.5, 0.6) is 0 Å². The predicted molar refractivity (Wildman–Crippen MR) is 75.9 cm³/mol. The minimum atomic E-state index is -0.453. The first-order valence-electron chi connectivity index (χ1n) is 6.23. The molecule has 2 aromatic rings. The van der Waals surface area contributed by atoms with E-state index in [9.17, 15) is 9.90 Å². The Labute approximate surface area is 112 Å². The van der Waals surface area contributed by atoms with Crippen molar-refractivity contribution in [3.8, 4) is 11.1 Å². The minimum Gasteiger partial charge on any atom is -0.396 e. The minimum absolute atomic E-state index is 0.0298. The maximum absolute atomic E-state index is 11.3. The molecule has 2 rings (SSSR count). The lowest BCUT2D eigenvalue weighted by Crippen LogP contribution is -2.12. The van der Waals surface area contributed by atoms with E-state index in [4.69, 9.17) is 5.73 Å². The molecule has 0 spiro atoms. The van der Waals surface area contributed by atoms with Crippen molar-refractivity contribution in [3.05, 3.63) is 59.7 Å². The van der Waals surface area contributed by atoms with Gasteiger partial charge in [0, 0.05) is 18.1 Å². The van der Waals surface area contributed by atoms with Crippen molar-refractivity contribution in [2.45, 2.75) is 12.8 Å². The molecule has 98 valence electrons. The van der Waals surface area contributed by atoms with Crippen molar-refractivity contribution in [2.75, 3.05) is 6.61 Å². The molecule has 3 N–H and O–H groups in total. The maximum Gasteiger partial charge on any atom is 0.248 e. The number of carbonyl (C=O) groups is 1. The molecule has 0 heterocycles. The Kier molecular flexibility index (Phi) is 3.97. The van der Waals surface area contributed by atoms with Crippen molar-refractivity contribution in [1.29, 1.82) is 0 Å². The largest absolute Gasteiger partial charge is 0.396 e. The van der Waals surface area contributed by atoms with E-state index in [-0.39, 0.29) is 12.5 Å². The van der Waals surface area contributed by atoms with Gasteiger partial charge in [-0.25, -0.2) is 0 Å². The van der Waals surface area contributed by atoms with Crippen LogP contribution in [0.4, 0.5) is 0 Å². The average molecular weight is 255 g/mol. The molecule has 3 nitrogen and oxygen atoms in total. The quantitative estimate of drug-likeness (QED) is 0.881. The van der Waals surface area contributed by atoms with Gasteiger partial charge in [0.25, 0.3) is 0 Å². The Morgan fingerprint density at radius 1 is 1.21 bits per heavy atom. The summed E-state index contributed by atoms with van der Waals surface area (Å²) in [7, 11) is 0. The number of rotatable bonds is 4. The second-order valence-corrected chi connectivity index (χ2v) is 4.62. The van der Waals surface area contributed by atoms with E-state index in [2.05, 4.69) is 0 Å². The summed E-state index contributed by atoms with van der Waals surface area (Å²) in [6.45, 7) is 1.95. The first-order valence-corrected chi connectivity index (χ1v) is 6.23. The molecule has 0 aromatic heterocycles. The van der Waals surface area contributed by atoms with Crippen molar-refractivity contribution in [1.82, 2.24) is 0 Å². The second-order valence-electron chi connectivity index (χ2n) is 4.62. The van der Waals surface area contributed by atoms with Gasteiger partial charge in [0.1, 0.15) is 0 Å². The fourth-order valence-corrected chi connectivity index (χ4v) is 2.10. The summed E-state index contributed by atoms with van der Waals surface area (Å²) < 4.78 is 0. The molecule has 0 aliphatic heterocycles. The molecule has 1 amide bonds. The van der Waals surface area contributed by atoms with Crippen LogP contribution in [-0.2, 0) is 0 Å². The average Bonchev–Trinajstić information content (AvgIpc) is 2.46. The SMILES string of the molecule is C[C@@H](CO)c1cc(C(N)=O)ccc1-c1ccccc1. The van der Waals surface area contributed by atoms with Gasteiger partial charge < -0.3 is 10.8 Å². The molecule has 0 fully saturated rings. The highest BCUT2D eigenvalue weighted by atomic mass is 16.3. The third-order valence-electron chi connectivity index (χ3n) is 3.23. The lowest BCUT2D eigenvalue weighted by atomic mass is 9.90. The van der Waals surface area contributed by atoms with E-state index in [0.29, 0.717) is 5.56 Å². The van der Waals surface area contributed by atoms with Gasteiger partial charge in [0.15, 0.2) is 0 Å². The van der Waals surface area contributed by atoms with Crippen molar-refractivity contribution in [2.24, 2.45) is 5.73 Å². The third kappa shape index (κ3) is 2.83. The van der Waals surface area contributed by atoms with Gasteiger partial charge in [-0.15, -0.1) is 0 Å². The molecule has 0 aliphatic rings. The molecular formula is C16H17NO2. The highest BCUT2D eigenvalue weighted by Crippen LogP contribution is 2.30. The predicted octanol–water partition coefficient (Wildman–Crippen LogP) is 2.55. The number of benzene rings is 2. The van der Waals surface area contributed by atoms with E-state index in [1.54, 1.807) is 12.1 Å². The number of hydrogen-bond acceptors (Lipinski definition) is 2. The first kappa shape index (κ1) is 13.3. The number of hydrogen-bond donors (Lipinski definition) is 2. The van der Waals surface area contributed by atoms with Gasteiger partial charge in [-0.2, -0.15) is 0 Å². The molecule has 0 saturated heterocycles. The standard InChI is InChI=1S/C16H17NO2/c1-11(10-18)15-9-13(16(17)19)7-8-14(15)12-5-3-2-4-6-12/h2-9,11,18H,10H2,1H3,(H2,17,19)/t11-/m0/s1. The molecule has 0 aliphatic carbocycles.